The van der Waals surface area contributed by atoms with Gasteiger partial charge in [0.1, 0.15) is 0 Å². The van der Waals surface area contributed by atoms with Crippen LogP contribution in [0.15, 0.2) is 0 Å². The average Bonchev–Trinajstić information content (AvgIpc) is 2.03. The Balaban J connectivity index is -0.00000000208. The molecule has 0 rings (SSSR count). The molecule has 0 aromatic heterocycles. The summed E-state index contributed by atoms with van der Waals surface area (Å²) in [6.45, 7) is 0. The van der Waals surface area contributed by atoms with Gasteiger partial charge in [-0.25, -0.2) is 0 Å². The van der Waals surface area contributed by atoms with Crippen LogP contribution in [0.1, 0.15) is 2.85 Å². The van der Waals surface area contributed by atoms with Crippen molar-refractivity contribution in [1.82, 2.24) is 0 Å². The van der Waals surface area contributed by atoms with Crippen molar-refractivity contribution < 1.29 is 106 Å². The summed E-state index contributed by atoms with van der Waals surface area (Å²) in [5, 5.41) is 0. The predicted molar refractivity (Wildman–Crippen MR) is 63.7 cm³/mol. The second-order valence-corrected chi connectivity index (χ2v) is 0. The van der Waals surface area contributed by atoms with E-state index in [-0.39, 0.29) is 130 Å². The van der Waals surface area contributed by atoms with E-state index in [1.54, 1.807) is 0 Å². The zero-order chi connectivity index (χ0) is 8.00. The Labute approximate surface area is 358 Å². The zero-order valence-electron chi connectivity index (χ0n) is 12.4. The fraction of sp³-hybridized carbons (Fsp3) is 0. The molecule has 0 atom stereocenters. The van der Waals surface area contributed by atoms with Crippen LogP contribution in [0.25, 0.3) is 0 Å². The maximum atomic E-state index is 1.25. The van der Waals surface area contributed by atoms with Gasteiger partial charge >= 0.3 is 355 Å². The monoisotopic (exact) mass is 520 g/mol. The van der Waals surface area contributed by atoms with Gasteiger partial charge in [-0.15, -0.1) is 24.0 Å². The Bertz CT molecular complexity index is 12.9. The van der Waals surface area contributed by atoms with Gasteiger partial charge in [0.2, 0.25) is 0 Å². The molecule has 20 valence electrons. The summed E-state index contributed by atoms with van der Waals surface area (Å²) in [5.74, 6) is 0. The molecule has 0 saturated carbocycles. The summed E-state index contributed by atoms with van der Waals surface area (Å²) in [5.41, 5.74) is 0. The molecule has 0 radical (unpaired) electrons. The standard InChI is InChI=1S/HI.10K.2H/h1H;;;;;;;;;;;;/q;;;;;;;;;2*+1;2*-1. The molecule has 0 N–H and O–H groups in total. The molecule has 0 fully saturated rings. The quantitative estimate of drug-likeness (QED) is 0.220. The Hall–Kier alpha value is 17.1. The molecule has 0 saturated heterocycles. The van der Waals surface area contributed by atoms with E-state index in [9.17, 15) is 0 Å². The van der Waals surface area contributed by atoms with E-state index >= 15 is 0 Å². The number of halogens is 1. The van der Waals surface area contributed by atoms with E-state index in [0.29, 0.717) is 0 Å². The second-order valence-electron chi connectivity index (χ2n) is 0. The van der Waals surface area contributed by atoms with Crippen molar-refractivity contribution >= 4 is 277 Å². The van der Waals surface area contributed by atoms with Gasteiger partial charge in [-0.05, 0) is 0 Å². The Kier molecular flexibility index (Phi) is 266. The molecule has 0 aliphatic heterocycles. The average molecular weight is 521 g/mol. The molecule has 11 heavy (non-hydrogen) atoms. The Morgan fingerprint density at radius 2 is 0.455 bits per heavy atom. The van der Waals surface area contributed by atoms with Crippen LogP contribution in [-0.4, -0.2) is 253 Å². The summed E-state index contributed by atoms with van der Waals surface area (Å²) < 4.78 is 0. The van der Waals surface area contributed by atoms with Crippen LogP contribution in [0.2, 0.25) is 0 Å². The van der Waals surface area contributed by atoms with Crippen molar-refractivity contribution in [2.45, 2.75) is 0 Å². The van der Waals surface area contributed by atoms with Crippen LogP contribution in [0.5, 0.6) is 0 Å². The first-order valence-corrected chi connectivity index (χ1v) is 68.0. The fourth-order valence-corrected chi connectivity index (χ4v) is 0. The molecule has 0 nitrogen and oxygen atoms in total. The van der Waals surface area contributed by atoms with Crippen LogP contribution < -0.4 is 103 Å². The zero-order valence-corrected chi connectivity index (χ0v) is 44.0. The summed E-state index contributed by atoms with van der Waals surface area (Å²) >= 11 is 10.0. The van der Waals surface area contributed by atoms with Crippen molar-refractivity contribution in [2.75, 3.05) is 0 Å². The van der Waals surface area contributed by atoms with Gasteiger partial charge in [0.05, 0.1) is 0 Å². The molecule has 0 aliphatic rings. The molecule has 0 aromatic rings. The molecule has 11 heteroatoms. The van der Waals surface area contributed by atoms with Crippen molar-refractivity contribution in [3.63, 3.8) is 0 Å². The van der Waals surface area contributed by atoms with Gasteiger partial charge in [-0.1, -0.05) is 0 Å². The molecule has 0 bridgehead atoms. The van der Waals surface area contributed by atoms with Gasteiger partial charge in [0, 0.05) is 0 Å². The van der Waals surface area contributed by atoms with Gasteiger partial charge in [0.25, 0.3) is 0 Å². The topological polar surface area (TPSA) is 0 Å². The number of rotatable bonds is 0. The van der Waals surface area contributed by atoms with Crippen LogP contribution in [0.4, 0.5) is 0 Å². The molecular weight excluding hydrogens is 518 g/mol. The SMILES string of the molecule is I.[H-].[H-].[K+].[K+].[K][K].[K][K].[K][K].[K][K]. The minimum absolute atomic E-state index is 0. The van der Waals surface area contributed by atoms with Crippen LogP contribution in [0.3, 0.4) is 0 Å². The van der Waals surface area contributed by atoms with E-state index in [1.807, 2.05) is 0 Å². The minimum atomic E-state index is 0. The molecule has 0 spiro atoms. The van der Waals surface area contributed by atoms with E-state index in [0.717, 1.165) is 0 Å². The van der Waals surface area contributed by atoms with Crippen molar-refractivity contribution in [3.8, 4) is 0 Å². The summed E-state index contributed by atoms with van der Waals surface area (Å²) in [7, 11) is 0. The van der Waals surface area contributed by atoms with Gasteiger partial charge < -0.3 is 2.85 Å². The van der Waals surface area contributed by atoms with Crippen molar-refractivity contribution in [3.05, 3.63) is 0 Å². The summed E-state index contributed by atoms with van der Waals surface area (Å²) in [6, 6.07) is 0. The Morgan fingerprint density at radius 3 is 0.455 bits per heavy atom. The molecule has 0 aromatic carbocycles. The third-order valence-electron chi connectivity index (χ3n) is 0. The first kappa shape index (κ1) is 46.3. The normalized spacial score (nSPS) is 2.91. The summed E-state index contributed by atoms with van der Waals surface area (Å²) in [6.07, 6.45) is 0. The van der Waals surface area contributed by atoms with Crippen LogP contribution in [0, 0.1) is 0 Å². The molecule has 0 unspecified atom stereocenters. The van der Waals surface area contributed by atoms with Crippen LogP contribution in [-0.2, 0) is 0 Å². The third kappa shape index (κ3) is 58.4. The summed E-state index contributed by atoms with van der Waals surface area (Å²) in [4.78, 5) is 0. The first-order valence-electron chi connectivity index (χ1n) is 4.00. The van der Waals surface area contributed by atoms with Gasteiger partial charge in [-0.3, -0.25) is 0 Å². The third-order valence-corrected chi connectivity index (χ3v) is 0. The number of hydrogen-bond donors (Lipinski definition) is 0. The van der Waals surface area contributed by atoms with Gasteiger partial charge in [-0.2, -0.15) is 0 Å². The number of hydrogen-bond acceptors (Lipinski definition) is 0. The maximum absolute atomic E-state index is 1.25. The molecule has 0 aliphatic carbocycles. The van der Waals surface area contributed by atoms with E-state index in [1.165, 1.54) is 253 Å². The molecular formula is H3IK10. The van der Waals surface area contributed by atoms with Crippen molar-refractivity contribution in [2.24, 2.45) is 0 Å². The van der Waals surface area contributed by atoms with Crippen LogP contribution >= 0.6 is 24.0 Å². The van der Waals surface area contributed by atoms with Gasteiger partial charge in [0.15, 0.2) is 0 Å². The van der Waals surface area contributed by atoms with E-state index < -0.39 is 0 Å². The van der Waals surface area contributed by atoms with E-state index in [2.05, 4.69) is 0 Å². The second kappa shape index (κ2) is 63.1. The molecule has 0 amide bonds. The fourth-order valence-electron chi connectivity index (χ4n) is 0. The molecule has 0 heterocycles. The van der Waals surface area contributed by atoms with Crippen molar-refractivity contribution in [1.29, 1.82) is 0 Å². The first-order chi connectivity index (χ1) is 4.00. The van der Waals surface area contributed by atoms with E-state index in [4.69, 9.17) is 0 Å². The Morgan fingerprint density at radius 1 is 0.455 bits per heavy atom. The predicted octanol–water partition coefficient (Wildman–Crippen LogP) is -8.20.